The first-order valence-electron chi connectivity index (χ1n) is 11.4. The summed E-state index contributed by atoms with van der Waals surface area (Å²) < 4.78 is 5.18. The molecule has 1 aliphatic rings. The molecule has 182 valence electrons. The molecule has 2 heterocycles. The van der Waals surface area contributed by atoms with Gasteiger partial charge in [-0.05, 0) is 49.2 Å². The summed E-state index contributed by atoms with van der Waals surface area (Å²) in [6.07, 6.45) is 0.418. The molecule has 2 aromatic carbocycles. The number of carbonyl (C=O) groups excluding carboxylic acids is 2. The molecule has 0 spiro atoms. The Morgan fingerprint density at radius 1 is 1.03 bits per heavy atom. The van der Waals surface area contributed by atoms with Gasteiger partial charge in [0.1, 0.15) is 0 Å². The molecular formula is C26H26ClN3O5. The van der Waals surface area contributed by atoms with Crippen LogP contribution in [0.5, 0.6) is 0 Å². The first kappa shape index (κ1) is 24.5. The van der Waals surface area contributed by atoms with Crippen LogP contribution in [0.3, 0.4) is 0 Å². The van der Waals surface area contributed by atoms with E-state index in [-0.39, 0.29) is 17.6 Å². The Balaban J connectivity index is 1.55. The quantitative estimate of drug-likeness (QED) is 0.542. The average molecular weight is 496 g/mol. The molecule has 0 unspecified atom stereocenters. The number of aryl methyl sites for hydroxylation is 1. The molecule has 1 fully saturated rings. The molecule has 0 radical (unpaired) electrons. The highest BCUT2D eigenvalue weighted by Gasteiger charge is 2.26. The fourth-order valence-electron chi connectivity index (χ4n) is 4.09. The van der Waals surface area contributed by atoms with Crippen molar-refractivity contribution < 1.29 is 24.2 Å². The minimum Gasteiger partial charge on any atom is -0.478 e. The van der Waals surface area contributed by atoms with Crippen LogP contribution >= 0.6 is 11.6 Å². The van der Waals surface area contributed by atoms with Crippen LogP contribution < -0.4 is 0 Å². The number of halogens is 1. The second-order valence-corrected chi connectivity index (χ2v) is 8.86. The number of benzene rings is 2. The number of carboxylic acids is 1. The van der Waals surface area contributed by atoms with Gasteiger partial charge in [-0.15, -0.1) is 0 Å². The Morgan fingerprint density at radius 2 is 1.74 bits per heavy atom. The van der Waals surface area contributed by atoms with Gasteiger partial charge in [0.2, 0.25) is 0 Å². The van der Waals surface area contributed by atoms with E-state index in [0.717, 1.165) is 12.0 Å². The number of hydrogen-bond acceptors (Lipinski definition) is 5. The molecule has 4 rings (SSSR count). The van der Waals surface area contributed by atoms with Crippen LogP contribution in [0, 0.1) is 6.92 Å². The summed E-state index contributed by atoms with van der Waals surface area (Å²) in [6, 6.07) is 12.0. The van der Waals surface area contributed by atoms with E-state index in [9.17, 15) is 19.5 Å². The molecule has 1 saturated heterocycles. The molecular weight excluding hydrogens is 470 g/mol. The zero-order chi connectivity index (χ0) is 25.1. The zero-order valence-corrected chi connectivity index (χ0v) is 20.3. The van der Waals surface area contributed by atoms with Gasteiger partial charge in [0.15, 0.2) is 0 Å². The van der Waals surface area contributed by atoms with Crippen LogP contribution in [-0.2, 0) is 4.74 Å². The summed E-state index contributed by atoms with van der Waals surface area (Å²) in [5.74, 6) is -1.13. The van der Waals surface area contributed by atoms with Gasteiger partial charge < -0.3 is 19.6 Å². The van der Waals surface area contributed by atoms with E-state index in [4.69, 9.17) is 21.3 Å². The van der Waals surface area contributed by atoms with Crippen molar-refractivity contribution in [3.8, 4) is 11.3 Å². The average Bonchev–Trinajstić information content (AvgIpc) is 2.86. The maximum Gasteiger partial charge on any atom is 0.409 e. The first-order valence-corrected chi connectivity index (χ1v) is 11.8. The van der Waals surface area contributed by atoms with Gasteiger partial charge in [-0.3, -0.25) is 4.79 Å². The fourth-order valence-corrected chi connectivity index (χ4v) is 4.35. The number of piperazine rings is 1. The van der Waals surface area contributed by atoms with Gasteiger partial charge >= 0.3 is 12.1 Å². The van der Waals surface area contributed by atoms with Gasteiger partial charge in [0.05, 0.1) is 28.4 Å². The Morgan fingerprint density at radius 3 is 2.40 bits per heavy atom. The number of fused-ring (bicyclic) bond motifs is 1. The summed E-state index contributed by atoms with van der Waals surface area (Å²) >= 11 is 6.52. The highest BCUT2D eigenvalue weighted by molar-refractivity contribution is 6.35. The predicted molar refractivity (Wildman–Crippen MR) is 133 cm³/mol. The van der Waals surface area contributed by atoms with Crippen LogP contribution in [0.15, 0.2) is 42.5 Å². The lowest BCUT2D eigenvalue weighted by atomic mass is 10.0. The van der Waals surface area contributed by atoms with E-state index >= 15 is 0 Å². The molecule has 0 aliphatic carbocycles. The molecule has 2 amide bonds. The van der Waals surface area contributed by atoms with Crippen molar-refractivity contribution in [3.05, 3.63) is 64.2 Å². The minimum absolute atomic E-state index is 0.140. The van der Waals surface area contributed by atoms with Crippen molar-refractivity contribution in [1.29, 1.82) is 0 Å². The van der Waals surface area contributed by atoms with E-state index in [1.54, 1.807) is 59.2 Å². The highest BCUT2D eigenvalue weighted by Crippen LogP contribution is 2.30. The number of aromatic carboxylic acids is 1. The monoisotopic (exact) mass is 495 g/mol. The second kappa shape index (κ2) is 10.3. The molecule has 9 heteroatoms. The van der Waals surface area contributed by atoms with E-state index in [2.05, 4.69) is 0 Å². The predicted octanol–water partition coefficient (Wildman–Crippen LogP) is 4.87. The third-order valence-electron chi connectivity index (χ3n) is 6.01. The fraction of sp³-hybridized carbons (Fsp3) is 0.308. The topological polar surface area (TPSA) is 100 Å². The zero-order valence-electron chi connectivity index (χ0n) is 19.6. The summed E-state index contributed by atoms with van der Waals surface area (Å²) in [6.45, 7) is 5.73. The van der Waals surface area contributed by atoms with Crippen molar-refractivity contribution in [2.75, 3.05) is 32.8 Å². The molecule has 8 nitrogen and oxygen atoms in total. The van der Waals surface area contributed by atoms with Crippen molar-refractivity contribution in [2.45, 2.75) is 20.3 Å². The third kappa shape index (κ3) is 5.22. The molecule has 1 N–H and O–H groups in total. The van der Waals surface area contributed by atoms with E-state index < -0.39 is 5.97 Å². The van der Waals surface area contributed by atoms with E-state index in [0.29, 0.717) is 65.5 Å². The van der Waals surface area contributed by atoms with Crippen LogP contribution in [0.1, 0.15) is 39.6 Å². The molecule has 3 aromatic rings. The van der Waals surface area contributed by atoms with Crippen LogP contribution in [0.2, 0.25) is 5.02 Å². The number of carbonyl (C=O) groups is 3. The Kier molecular flexibility index (Phi) is 7.21. The number of hydrogen-bond donors (Lipinski definition) is 1. The third-order valence-corrected chi connectivity index (χ3v) is 6.33. The first-order chi connectivity index (χ1) is 16.8. The van der Waals surface area contributed by atoms with Crippen molar-refractivity contribution in [2.24, 2.45) is 0 Å². The van der Waals surface area contributed by atoms with E-state index in [1.807, 2.05) is 6.92 Å². The number of nitrogens with zero attached hydrogens (tertiary/aromatic N) is 3. The van der Waals surface area contributed by atoms with Gasteiger partial charge in [0.25, 0.3) is 5.91 Å². The lowest BCUT2D eigenvalue weighted by molar-refractivity contribution is 0.0560. The van der Waals surface area contributed by atoms with Crippen LogP contribution in [0.4, 0.5) is 4.79 Å². The van der Waals surface area contributed by atoms with Gasteiger partial charge in [-0.2, -0.15) is 0 Å². The van der Waals surface area contributed by atoms with Crippen molar-refractivity contribution in [1.82, 2.24) is 14.8 Å². The summed E-state index contributed by atoms with van der Waals surface area (Å²) in [5, 5.41) is 10.5. The smallest absolute Gasteiger partial charge is 0.409 e. The number of aromatic nitrogens is 1. The highest BCUT2D eigenvalue weighted by atomic mass is 35.5. The SMILES string of the molecule is CCCOC(=O)N1CCN(C(=O)c2ccc3c(Cl)cc(-c4ccc(C(=O)O)c(C)c4)nc3c2)CC1. The Bertz CT molecular complexity index is 1300. The lowest BCUT2D eigenvalue weighted by Gasteiger charge is -2.34. The number of rotatable bonds is 5. The summed E-state index contributed by atoms with van der Waals surface area (Å²) in [7, 11) is 0. The molecule has 35 heavy (non-hydrogen) atoms. The number of amides is 2. The molecule has 0 bridgehead atoms. The maximum atomic E-state index is 13.2. The largest absolute Gasteiger partial charge is 0.478 e. The molecule has 1 aromatic heterocycles. The van der Waals surface area contributed by atoms with Crippen LogP contribution in [0.25, 0.3) is 22.2 Å². The van der Waals surface area contributed by atoms with E-state index in [1.165, 1.54) is 0 Å². The molecule has 1 aliphatic heterocycles. The van der Waals surface area contributed by atoms with Crippen LogP contribution in [-0.4, -0.2) is 70.6 Å². The van der Waals surface area contributed by atoms with Gasteiger partial charge in [-0.1, -0.05) is 30.7 Å². The normalized spacial score (nSPS) is 13.7. The van der Waals surface area contributed by atoms with Crippen molar-refractivity contribution in [3.63, 3.8) is 0 Å². The minimum atomic E-state index is -0.986. The number of ether oxygens (including phenoxy) is 1. The molecule has 0 saturated carbocycles. The summed E-state index contributed by atoms with van der Waals surface area (Å²) in [5.41, 5.74) is 3.23. The van der Waals surface area contributed by atoms with Crippen molar-refractivity contribution >= 4 is 40.5 Å². The van der Waals surface area contributed by atoms with Gasteiger partial charge in [0, 0.05) is 42.7 Å². The standard InChI is InChI=1S/C26H26ClN3O5/c1-3-12-35-26(34)30-10-8-29(9-11-30)24(31)18-5-7-20-21(27)15-22(28-23(20)14-18)17-4-6-19(25(32)33)16(2)13-17/h4-7,13-15H,3,8-12H2,1-2H3,(H,32,33). The number of pyridine rings is 1. The number of carboxylic acid groups (broad SMARTS) is 1. The summed E-state index contributed by atoms with van der Waals surface area (Å²) in [4.78, 5) is 44.6. The Hall–Kier alpha value is -3.65. The maximum absolute atomic E-state index is 13.2. The molecule has 0 atom stereocenters. The lowest BCUT2D eigenvalue weighted by Crippen LogP contribution is -2.50. The van der Waals surface area contributed by atoms with Gasteiger partial charge in [-0.25, -0.2) is 14.6 Å². The second-order valence-electron chi connectivity index (χ2n) is 8.45. The Labute approximate surface area is 208 Å².